The van der Waals surface area contributed by atoms with Crippen molar-refractivity contribution in [2.75, 3.05) is 18.1 Å². The maximum absolute atomic E-state index is 12.3. The zero-order chi connectivity index (χ0) is 14.1. The minimum atomic E-state index is -0.671. The van der Waals surface area contributed by atoms with Crippen LogP contribution in [0.5, 0.6) is 0 Å². The summed E-state index contributed by atoms with van der Waals surface area (Å²) in [7, 11) is 0. The number of nitrogens with one attached hydrogen (secondary N) is 1. The Morgan fingerprint density at radius 1 is 1.42 bits per heavy atom. The lowest BCUT2D eigenvalue weighted by Crippen LogP contribution is -2.46. The molecule has 1 saturated heterocycles. The van der Waals surface area contributed by atoms with Gasteiger partial charge >= 0.3 is 0 Å². The zero-order valence-electron chi connectivity index (χ0n) is 12.4. The van der Waals surface area contributed by atoms with Gasteiger partial charge in [-0.3, -0.25) is 4.79 Å². The van der Waals surface area contributed by atoms with Gasteiger partial charge in [0.2, 0.25) is 5.91 Å². The fourth-order valence-corrected chi connectivity index (χ4v) is 4.97. The minimum absolute atomic E-state index is 0.122. The predicted octanol–water partition coefficient (Wildman–Crippen LogP) is 2.43. The second-order valence-corrected chi connectivity index (χ2v) is 8.46. The third-order valence-electron chi connectivity index (χ3n) is 4.43. The summed E-state index contributed by atoms with van der Waals surface area (Å²) in [6, 6.07) is 0. The molecule has 2 rings (SSSR count). The molecule has 1 aliphatic heterocycles. The van der Waals surface area contributed by atoms with Crippen molar-refractivity contribution in [3.8, 4) is 0 Å². The highest BCUT2D eigenvalue weighted by Gasteiger charge is 2.37. The summed E-state index contributed by atoms with van der Waals surface area (Å²) in [5.74, 6) is 2.63. The second-order valence-electron chi connectivity index (χ2n) is 7.35. The molecule has 1 saturated carbocycles. The number of carbonyl (C=O) groups is 1. The molecule has 1 heterocycles. The molecule has 0 radical (unpaired) electrons. The Kier molecular flexibility index (Phi) is 4.51. The van der Waals surface area contributed by atoms with E-state index in [1.165, 1.54) is 6.42 Å². The lowest BCUT2D eigenvalue weighted by molar-refractivity contribution is -0.129. The summed E-state index contributed by atoms with van der Waals surface area (Å²) in [5.41, 5.74) is -0.407. The van der Waals surface area contributed by atoms with Gasteiger partial charge in [0.1, 0.15) is 0 Å². The van der Waals surface area contributed by atoms with Gasteiger partial charge in [-0.25, -0.2) is 0 Å². The van der Waals surface area contributed by atoms with Gasteiger partial charge in [0, 0.05) is 18.2 Å². The molecule has 3 nitrogen and oxygen atoms in total. The fraction of sp³-hybridized carbons (Fsp3) is 0.933. The van der Waals surface area contributed by atoms with Crippen molar-refractivity contribution < 1.29 is 9.90 Å². The predicted molar refractivity (Wildman–Crippen MR) is 80.2 cm³/mol. The van der Waals surface area contributed by atoms with E-state index < -0.39 is 5.60 Å². The van der Waals surface area contributed by atoms with Crippen LogP contribution >= 0.6 is 11.8 Å². The average Bonchev–Trinajstić information content (AvgIpc) is 2.71. The molecule has 0 bridgehead atoms. The number of amides is 1. The van der Waals surface area contributed by atoms with Crippen molar-refractivity contribution in [3.63, 3.8) is 0 Å². The SMILES string of the molecule is CC1CC(C(=O)NCC2(O)CCSC2)CC(C)(C)C1. The molecule has 3 atom stereocenters. The molecule has 0 aromatic heterocycles. The number of rotatable bonds is 3. The largest absolute Gasteiger partial charge is 0.387 e. The third-order valence-corrected chi connectivity index (χ3v) is 5.67. The van der Waals surface area contributed by atoms with Gasteiger partial charge in [-0.2, -0.15) is 11.8 Å². The van der Waals surface area contributed by atoms with E-state index in [4.69, 9.17) is 0 Å². The molecule has 1 amide bonds. The van der Waals surface area contributed by atoms with Gasteiger partial charge in [0.05, 0.1) is 5.60 Å². The standard InChI is InChI=1S/C15H27NO2S/c1-11-6-12(8-14(2,3)7-11)13(17)16-9-15(18)4-5-19-10-15/h11-12,18H,4-10H2,1-3H3,(H,16,17). The Morgan fingerprint density at radius 2 is 2.16 bits per heavy atom. The van der Waals surface area contributed by atoms with Crippen molar-refractivity contribution in [2.24, 2.45) is 17.3 Å². The van der Waals surface area contributed by atoms with Crippen LogP contribution in [0.4, 0.5) is 0 Å². The molecule has 2 N–H and O–H groups in total. The highest BCUT2D eigenvalue weighted by molar-refractivity contribution is 7.99. The van der Waals surface area contributed by atoms with Crippen molar-refractivity contribution >= 4 is 17.7 Å². The first kappa shape index (κ1) is 15.2. The molecule has 0 aromatic rings. The van der Waals surface area contributed by atoms with E-state index in [0.717, 1.165) is 30.8 Å². The highest BCUT2D eigenvalue weighted by Crippen LogP contribution is 2.41. The van der Waals surface area contributed by atoms with Gasteiger partial charge in [0.15, 0.2) is 0 Å². The van der Waals surface area contributed by atoms with Crippen LogP contribution in [0.1, 0.15) is 46.5 Å². The van der Waals surface area contributed by atoms with E-state index in [2.05, 4.69) is 26.1 Å². The Labute approximate surface area is 120 Å². The fourth-order valence-electron chi connectivity index (χ4n) is 3.68. The normalized spacial score (nSPS) is 38.1. The van der Waals surface area contributed by atoms with Gasteiger partial charge in [-0.1, -0.05) is 20.8 Å². The molecule has 110 valence electrons. The lowest BCUT2D eigenvalue weighted by atomic mass is 9.68. The average molecular weight is 285 g/mol. The second kappa shape index (κ2) is 5.65. The number of thioether (sulfide) groups is 1. The van der Waals surface area contributed by atoms with Crippen molar-refractivity contribution in [2.45, 2.75) is 52.1 Å². The van der Waals surface area contributed by atoms with Crippen LogP contribution in [0.2, 0.25) is 0 Å². The number of hydrogen-bond acceptors (Lipinski definition) is 3. The van der Waals surface area contributed by atoms with Gasteiger partial charge < -0.3 is 10.4 Å². The highest BCUT2D eigenvalue weighted by atomic mass is 32.2. The van der Waals surface area contributed by atoms with Crippen LogP contribution in [0.25, 0.3) is 0 Å². The Bertz CT molecular complexity index is 337. The van der Waals surface area contributed by atoms with E-state index in [0.29, 0.717) is 12.5 Å². The van der Waals surface area contributed by atoms with Crippen molar-refractivity contribution in [3.05, 3.63) is 0 Å². The smallest absolute Gasteiger partial charge is 0.223 e. The zero-order valence-corrected chi connectivity index (χ0v) is 13.2. The summed E-state index contributed by atoms with van der Waals surface area (Å²) >= 11 is 1.77. The maximum Gasteiger partial charge on any atom is 0.223 e. The van der Waals surface area contributed by atoms with E-state index in [9.17, 15) is 9.90 Å². The van der Waals surface area contributed by atoms with Crippen LogP contribution in [-0.2, 0) is 4.79 Å². The van der Waals surface area contributed by atoms with Crippen LogP contribution in [-0.4, -0.2) is 34.7 Å². The first-order chi connectivity index (χ1) is 8.80. The van der Waals surface area contributed by atoms with E-state index >= 15 is 0 Å². The van der Waals surface area contributed by atoms with Crippen molar-refractivity contribution in [1.29, 1.82) is 0 Å². The van der Waals surface area contributed by atoms with E-state index in [1.807, 2.05) is 0 Å². The quantitative estimate of drug-likeness (QED) is 0.837. The van der Waals surface area contributed by atoms with Gasteiger partial charge in [-0.05, 0) is 42.8 Å². The molecule has 2 fully saturated rings. The molecule has 0 spiro atoms. The van der Waals surface area contributed by atoms with Crippen LogP contribution in [0, 0.1) is 17.3 Å². The van der Waals surface area contributed by atoms with Gasteiger partial charge in [-0.15, -0.1) is 0 Å². The summed E-state index contributed by atoms with van der Waals surface area (Å²) in [6.45, 7) is 7.17. The van der Waals surface area contributed by atoms with E-state index in [-0.39, 0.29) is 17.2 Å². The summed E-state index contributed by atoms with van der Waals surface area (Å²) < 4.78 is 0. The topological polar surface area (TPSA) is 49.3 Å². The molecule has 0 aromatic carbocycles. The van der Waals surface area contributed by atoms with E-state index in [1.54, 1.807) is 11.8 Å². The Morgan fingerprint density at radius 3 is 2.74 bits per heavy atom. The number of carbonyl (C=O) groups excluding carboxylic acids is 1. The first-order valence-corrected chi connectivity index (χ1v) is 8.53. The monoisotopic (exact) mass is 285 g/mol. The summed E-state index contributed by atoms with van der Waals surface area (Å²) in [4.78, 5) is 12.3. The maximum atomic E-state index is 12.3. The Balaban J connectivity index is 1.85. The molecule has 2 aliphatic rings. The van der Waals surface area contributed by atoms with Gasteiger partial charge in [0.25, 0.3) is 0 Å². The van der Waals surface area contributed by atoms with Crippen LogP contribution in [0.15, 0.2) is 0 Å². The molecule has 3 unspecified atom stereocenters. The summed E-state index contributed by atoms with van der Waals surface area (Å²) in [5, 5.41) is 13.2. The summed E-state index contributed by atoms with van der Waals surface area (Å²) in [6.07, 6.45) is 3.96. The molecule has 19 heavy (non-hydrogen) atoms. The Hall–Kier alpha value is -0.220. The van der Waals surface area contributed by atoms with Crippen LogP contribution < -0.4 is 5.32 Å². The molecule has 4 heteroatoms. The number of aliphatic hydroxyl groups is 1. The third kappa shape index (κ3) is 4.12. The van der Waals surface area contributed by atoms with Crippen LogP contribution in [0.3, 0.4) is 0 Å². The minimum Gasteiger partial charge on any atom is -0.387 e. The molecular weight excluding hydrogens is 258 g/mol. The molecule has 1 aliphatic carbocycles. The number of hydrogen-bond donors (Lipinski definition) is 2. The molecular formula is C15H27NO2S. The lowest BCUT2D eigenvalue weighted by Gasteiger charge is -2.38. The van der Waals surface area contributed by atoms with Crippen molar-refractivity contribution in [1.82, 2.24) is 5.32 Å². The first-order valence-electron chi connectivity index (χ1n) is 7.38.